The second-order valence-electron chi connectivity index (χ2n) is 12.3. The highest BCUT2D eigenvalue weighted by molar-refractivity contribution is 6.38. The fourth-order valence-electron chi connectivity index (χ4n) is 5.84. The van der Waals surface area contributed by atoms with Crippen molar-refractivity contribution >= 4 is 57.7 Å². The van der Waals surface area contributed by atoms with Gasteiger partial charge in [0.25, 0.3) is 0 Å². The molecule has 12 heteroatoms. The van der Waals surface area contributed by atoms with Gasteiger partial charge in [-0.05, 0) is 66.5 Å². The normalized spacial score (nSPS) is 18.1. The quantitative estimate of drug-likeness (QED) is 0.191. The maximum atomic E-state index is 14.1. The average Bonchev–Trinajstić information content (AvgIpc) is 3.35. The highest BCUT2D eigenvalue weighted by Gasteiger charge is 2.46. The van der Waals surface area contributed by atoms with E-state index in [9.17, 15) is 23.6 Å². The van der Waals surface area contributed by atoms with Crippen LogP contribution in [-0.4, -0.2) is 46.2 Å². The van der Waals surface area contributed by atoms with Gasteiger partial charge in [-0.15, -0.1) is 0 Å². The summed E-state index contributed by atoms with van der Waals surface area (Å²) in [6.07, 6.45) is 1.73. The minimum Gasteiger partial charge on any atom is -0.368 e. The summed E-state index contributed by atoms with van der Waals surface area (Å²) in [6, 6.07) is 7.39. The fourth-order valence-corrected chi connectivity index (χ4v) is 6.39. The van der Waals surface area contributed by atoms with Gasteiger partial charge in [0.05, 0.1) is 10.5 Å². The number of hydrogen-bond donors (Lipinski definition) is 5. The standard InChI is InChI=1S/C33H40Cl2FN5O4/c1-5-18(4)28(39-26(42)11-8-19-6-9-21(36)10-7-19)31(44)41-33(32(45)40-27(17(2)3)30(37)43)13-12-25-23(16-33)22-14-20(34)15-24(35)29(22)38-25/h6-7,9-10,14-15,17-18,27-28,38H,5,8,11-13,16H2,1-4H3,(H2,37,43)(H,39,42)(H,40,45)(H,41,44)/t18?,27-,28-,33+/m0/s1. The zero-order valence-corrected chi connectivity index (χ0v) is 27.4. The Hall–Kier alpha value is -3.63. The van der Waals surface area contributed by atoms with Gasteiger partial charge in [0.15, 0.2) is 0 Å². The van der Waals surface area contributed by atoms with Crippen LogP contribution in [0.4, 0.5) is 4.39 Å². The SMILES string of the molecule is CCC(C)[C@H](NC(=O)CCc1ccc(F)cc1)C(=O)N[C@]1(C(=O)N[C@H](C(N)=O)C(C)C)CCc2[nH]c3c(Cl)cc(Cl)cc3c2C1. The largest absolute Gasteiger partial charge is 0.368 e. The molecular formula is C33H40Cl2FN5O4. The number of carbonyl (C=O) groups is 4. The van der Waals surface area contributed by atoms with Crippen molar-refractivity contribution in [3.63, 3.8) is 0 Å². The van der Waals surface area contributed by atoms with Crippen molar-refractivity contribution < 1.29 is 23.6 Å². The summed E-state index contributed by atoms with van der Waals surface area (Å²) in [5.74, 6) is -3.03. The third-order valence-electron chi connectivity index (χ3n) is 8.72. The monoisotopic (exact) mass is 659 g/mol. The molecule has 0 fully saturated rings. The molecule has 1 heterocycles. The number of aromatic amines is 1. The molecule has 45 heavy (non-hydrogen) atoms. The van der Waals surface area contributed by atoms with Gasteiger partial charge < -0.3 is 26.7 Å². The molecule has 6 N–H and O–H groups in total. The number of amides is 4. The first-order valence-electron chi connectivity index (χ1n) is 15.2. The van der Waals surface area contributed by atoms with Crippen LogP contribution in [0, 0.1) is 17.7 Å². The molecule has 9 nitrogen and oxygen atoms in total. The van der Waals surface area contributed by atoms with E-state index in [0.29, 0.717) is 34.8 Å². The summed E-state index contributed by atoms with van der Waals surface area (Å²) in [5.41, 5.74) is 7.27. The first-order valence-corrected chi connectivity index (χ1v) is 15.9. The summed E-state index contributed by atoms with van der Waals surface area (Å²) in [6.45, 7) is 7.29. The van der Waals surface area contributed by atoms with E-state index in [4.69, 9.17) is 28.9 Å². The smallest absolute Gasteiger partial charge is 0.246 e. The Morgan fingerprint density at radius 1 is 1.04 bits per heavy atom. The molecule has 0 spiro atoms. The van der Waals surface area contributed by atoms with Crippen molar-refractivity contribution in [3.05, 3.63) is 69.1 Å². The number of halogens is 3. The number of hydrogen-bond acceptors (Lipinski definition) is 4. The zero-order chi connectivity index (χ0) is 33.1. The molecule has 0 radical (unpaired) electrons. The van der Waals surface area contributed by atoms with Crippen molar-refractivity contribution in [2.75, 3.05) is 0 Å². The van der Waals surface area contributed by atoms with Crippen LogP contribution in [0.3, 0.4) is 0 Å². The van der Waals surface area contributed by atoms with Crippen molar-refractivity contribution in [1.82, 2.24) is 20.9 Å². The number of nitrogens with two attached hydrogens (primary N) is 1. The fraction of sp³-hybridized carbons (Fsp3) is 0.455. The third-order valence-corrected chi connectivity index (χ3v) is 9.24. The predicted octanol–water partition coefficient (Wildman–Crippen LogP) is 4.75. The summed E-state index contributed by atoms with van der Waals surface area (Å²) >= 11 is 12.8. The zero-order valence-electron chi connectivity index (χ0n) is 25.9. The Morgan fingerprint density at radius 3 is 2.36 bits per heavy atom. The van der Waals surface area contributed by atoms with Crippen molar-refractivity contribution in [2.45, 2.75) is 83.8 Å². The lowest BCUT2D eigenvalue weighted by molar-refractivity contribution is -0.138. The highest BCUT2D eigenvalue weighted by Crippen LogP contribution is 2.38. The summed E-state index contributed by atoms with van der Waals surface area (Å²) in [4.78, 5) is 56.8. The Labute approximate surface area is 272 Å². The van der Waals surface area contributed by atoms with E-state index in [1.54, 1.807) is 38.1 Å². The number of H-pyrrole nitrogens is 1. The van der Waals surface area contributed by atoms with E-state index in [1.807, 2.05) is 13.8 Å². The molecule has 0 bridgehead atoms. The number of carbonyl (C=O) groups excluding carboxylic acids is 4. The van der Waals surface area contributed by atoms with Crippen LogP contribution in [0.2, 0.25) is 10.0 Å². The van der Waals surface area contributed by atoms with Crippen molar-refractivity contribution in [1.29, 1.82) is 0 Å². The molecule has 2 aromatic carbocycles. The molecule has 1 aromatic heterocycles. The molecule has 0 saturated heterocycles. The minimum atomic E-state index is -1.47. The number of fused-ring (bicyclic) bond motifs is 3. The lowest BCUT2D eigenvalue weighted by Gasteiger charge is -2.39. The predicted molar refractivity (Wildman–Crippen MR) is 173 cm³/mol. The van der Waals surface area contributed by atoms with E-state index < -0.39 is 35.3 Å². The van der Waals surface area contributed by atoms with E-state index >= 15 is 0 Å². The Kier molecular flexibility index (Phi) is 10.8. The van der Waals surface area contributed by atoms with Crippen LogP contribution in [0.25, 0.3) is 10.9 Å². The van der Waals surface area contributed by atoms with Crippen LogP contribution < -0.4 is 21.7 Å². The first kappa shape index (κ1) is 34.2. The third kappa shape index (κ3) is 7.79. The summed E-state index contributed by atoms with van der Waals surface area (Å²) in [5, 5.41) is 10.2. The number of nitrogens with one attached hydrogen (secondary N) is 4. The molecule has 4 atom stereocenters. The molecule has 1 unspecified atom stereocenters. The van der Waals surface area contributed by atoms with Crippen LogP contribution in [0.15, 0.2) is 36.4 Å². The summed E-state index contributed by atoms with van der Waals surface area (Å²) in [7, 11) is 0. The molecule has 3 aromatic rings. The molecule has 1 aliphatic rings. The van der Waals surface area contributed by atoms with E-state index in [1.165, 1.54) is 12.1 Å². The van der Waals surface area contributed by atoms with E-state index in [2.05, 4.69) is 20.9 Å². The first-order chi connectivity index (χ1) is 21.2. The maximum Gasteiger partial charge on any atom is 0.246 e. The van der Waals surface area contributed by atoms with Gasteiger partial charge in [0.2, 0.25) is 23.6 Å². The number of primary amides is 1. The van der Waals surface area contributed by atoms with Crippen LogP contribution in [0.5, 0.6) is 0 Å². The average molecular weight is 661 g/mol. The molecular weight excluding hydrogens is 620 g/mol. The Morgan fingerprint density at radius 2 is 1.73 bits per heavy atom. The molecule has 242 valence electrons. The van der Waals surface area contributed by atoms with Gasteiger partial charge in [-0.25, -0.2) is 4.39 Å². The van der Waals surface area contributed by atoms with Gasteiger partial charge in [0, 0.05) is 28.9 Å². The Balaban J connectivity index is 1.64. The van der Waals surface area contributed by atoms with Crippen LogP contribution in [0.1, 0.15) is 63.8 Å². The van der Waals surface area contributed by atoms with Gasteiger partial charge in [0.1, 0.15) is 23.4 Å². The number of benzene rings is 2. The highest BCUT2D eigenvalue weighted by atomic mass is 35.5. The summed E-state index contributed by atoms with van der Waals surface area (Å²) < 4.78 is 13.3. The van der Waals surface area contributed by atoms with Gasteiger partial charge in [-0.2, -0.15) is 0 Å². The molecule has 1 aliphatic carbocycles. The van der Waals surface area contributed by atoms with Gasteiger partial charge >= 0.3 is 0 Å². The second kappa shape index (κ2) is 14.2. The molecule has 0 aliphatic heterocycles. The minimum absolute atomic E-state index is 0.0892. The van der Waals surface area contributed by atoms with E-state index in [0.717, 1.165) is 22.2 Å². The number of rotatable bonds is 12. The van der Waals surface area contributed by atoms with Gasteiger partial charge in [-0.1, -0.05) is 69.5 Å². The van der Waals surface area contributed by atoms with Crippen LogP contribution >= 0.6 is 23.2 Å². The molecule has 0 saturated carbocycles. The molecule has 4 amide bonds. The van der Waals surface area contributed by atoms with Crippen LogP contribution in [-0.2, 0) is 38.4 Å². The number of aryl methyl sites for hydroxylation is 2. The topological polar surface area (TPSA) is 146 Å². The Bertz CT molecular complexity index is 1590. The second-order valence-corrected chi connectivity index (χ2v) is 13.1. The van der Waals surface area contributed by atoms with Crippen molar-refractivity contribution in [3.8, 4) is 0 Å². The molecule has 4 rings (SSSR count). The van der Waals surface area contributed by atoms with Gasteiger partial charge in [-0.3, -0.25) is 19.2 Å². The maximum absolute atomic E-state index is 14.1. The van der Waals surface area contributed by atoms with Crippen molar-refractivity contribution in [2.24, 2.45) is 17.6 Å². The lowest BCUT2D eigenvalue weighted by atomic mass is 9.78. The lowest BCUT2D eigenvalue weighted by Crippen LogP contribution is -2.67. The van der Waals surface area contributed by atoms with E-state index in [-0.39, 0.29) is 42.8 Å². The number of aromatic nitrogens is 1.